The highest BCUT2D eigenvalue weighted by Gasteiger charge is 2.47. The van der Waals surface area contributed by atoms with E-state index in [0.717, 1.165) is 5.56 Å². The number of phenols is 1. The minimum absolute atomic E-state index is 0.0401. The second-order valence-electron chi connectivity index (χ2n) is 7.30. The van der Waals surface area contributed by atoms with Crippen molar-refractivity contribution in [1.82, 2.24) is 0 Å². The summed E-state index contributed by atoms with van der Waals surface area (Å²) in [5.41, 5.74) is 2.32. The zero-order valence-electron chi connectivity index (χ0n) is 17.1. The number of carbonyl (C=O) groups is 2. The van der Waals surface area contributed by atoms with E-state index in [0.29, 0.717) is 22.6 Å². The van der Waals surface area contributed by atoms with E-state index < -0.39 is 17.7 Å². The number of carbonyl (C=O) groups excluding carboxylic acids is 2. The number of benzene rings is 3. The van der Waals surface area contributed by atoms with E-state index in [1.807, 2.05) is 19.1 Å². The average molecular weight is 415 g/mol. The quantitative estimate of drug-likeness (QED) is 0.376. The second kappa shape index (κ2) is 7.99. The number of aliphatic hydroxyl groups is 1. The van der Waals surface area contributed by atoms with Crippen LogP contribution < -0.4 is 9.64 Å². The zero-order chi connectivity index (χ0) is 22.1. The lowest BCUT2D eigenvalue weighted by Crippen LogP contribution is -2.29. The Morgan fingerprint density at radius 1 is 0.968 bits per heavy atom. The molecule has 1 heterocycles. The van der Waals surface area contributed by atoms with Gasteiger partial charge in [0, 0.05) is 5.69 Å². The molecule has 3 aromatic rings. The molecule has 1 unspecified atom stereocenters. The second-order valence-corrected chi connectivity index (χ2v) is 7.30. The number of ketones is 1. The fraction of sp³-hybridized carbons (Fsp3) is 0.120. The molecule has 6 nitrogen and oxygen atoms in total. The van der Waals surface area contributed by atoms with Crippen LogP contribution in [0.15, 0.2) is 78.4 Å². The fourth-order valence-electron chi connectivity index (χ4n) is 3.83. The Balaban J connectivity index is 1.98. The first-order chi connectivity index (χ1) is 14.9. The molecule has 0 aromatic heterocycles. The summed E-state index contributed by atoms with van der Waals surface area (Å²) < 4.78 is 5.33. The Morgan fingerprint density at radius 2 is 1.68 bits per heavy atom. The highest BCUT2D eigenvalue weighted by molar-refractivity contribution is 6.51. The third-order valence-corrected chi connectivity index (χ3v) is 5.30. The largest absolute Gasteiger partial charge is 0.508 e. The molecule has 0 saturated carbocycles. The molecule has 31 heavy (non-hydrogen) atoms. The van der Waals surface area contributed by atoms with Gasteiger partial charge in [0.2, 0.25) is 0 Å². The van der Waals surface area contributed by atoms with Gasteiger partial charge < -0.3 is 14.9 Å². The number of phenolic OH excluding ortho intramolecular Hbond substituents is 1. The van der Waals surface area contributed by atoms with Crippen LogP contribution in [0.4, 0.5) is 5.69 Å². The van der Waals surface area contributed by atoms with E-state index in [1.54, 1.807) is 48.5 Å². The summed E-state index contributed by atoms with van der Waals surface area (Å²) >= 11 is 0. The summed E-state index contributed by atoms with van der Waals surface area (Å²) in [6.07, 6.45) is 0. The van der Waals surface area contributed by atoms with Crippen molar-refractivity contribution >= 4 is 23.1 Å². The standard InChI is InChI=1S/C25H21NO5/c1-15-6-5-7-17(14-15)26-22(16-10-12-18(27)13-11-16)21(24(29)25(26)30)23(28)19-8-3-4-9-20(19)31-2/h3-14,22,27-28H,1-2H3/b23-21+. The maximum absolute atomic E-state index is 13.1. The van der Waals surface area contributed by atoms with E-state index in [1.165, 1.54) is 24.1 Å². The lowest BCUT2D eigenvalue weighted by Gasteiger charge is -2.26. The van der Waals surface area contributed by atoms with Gasteiger partial charge in [0.1, 0.15) is 17.3 Å². The molecule has 1 atom stereocenters. The summed E-state index contributed by atoms with van der Waals surface area (Å²) in [5, 5.41) is 20.9. The number of aliphatic hydroxyl groups excluding tert-OH is 1. The van der Waals surface area contributed by atoms with Crippen LogP contribution in [0.1, 0.15) is 22.7 Å². The van der Waals surface area contributed by atoms with Gasteiger partial charge in [-0.15, -0.1) is 0 Å². The molecule has 156 valence electrons. The lowest BCUT2D eigenvalue weighted by atomic mass is 9.94. The van der Waals surface area contributed by atoms with E-state index in [2.05, 4.69) is 0 Å². The number of anilines is 1. The van der Waals surface area contributed by atoms with Crippen LogP contribution in [-0.2, 0) is 9.59 Å². The molecular weight excluding hydrogens is 394 g/mol. The fourth-order valence-corrected chi connectivity index (χ4v) is 3.83. The highest BCUT2D eigenvalue weighted by atomic mass is 16.5. The molecule has 0 spiro atoms. The minimum atomic E-state index is -0.868. The number of hydrogen-bond acceptors (Lipinski definition) is 5. The van der Waals surface area contributed by atoms with Crippen molar-refractivity contribution in [2.75, 3.05) is 12.0 Å². The summed E-state index contributed by atoms with van der Waals surface area (Å²) in [4.78, 5) is 27.6. The number of ether oxygens (including phenoxy) is 1. The summed E-state index contributed by atoms with van der Waals surface area (Å²) in [7, 11) is 1.47. The molecule has 2 N–H and O–H groups in total. The topological polar surface area (TPSA) is 87.1 Å². The Hall–Kier alpha value is -4.06. The Morgan fingerprint density at radius 3 is 2.35 bits per heavy atom. The number of amides is 1. The van der Waals surface area contributed by atoms with Crippen LogP contribution in [0.25, 0.3) is 5.76 Å². The molecular formula is C25H21NO5. The van der Waals surface area contributed by atoms with E-state index >= 15 is 0 Å². The number of hydrogen-bond donors (Lipinski definition) is 2. The van der Waals surface area contributed by atoms with Crippen LogP contribution in [0.5, 0.6) is 11.5 Å². The van der Waals surface area contributed by atoms with Gasteiger partial charge in [-0.25, -0.2) is 0 Å². The number of methoxy groups -OCH3 is 1. The highest BCUT2D eigenvalue weighted by Crippen LogP contribution is 2.43. The van der Waals surface area contributed by atoms with Gasteiger partial charge in [0.25, 0.3) is 11.7 Å². The molecule has 0 radical (unpaired) electrons. The Labute approximate surface area is 179 Å². The van der Waals surface area contributed by atoms with E-state index in [4.69, 9.17) is 4.74 Å². The molecule has 1 saturated heterocycles. The van der Waals surface area contributed by atoms with Crippen molar-refractivity contribution in [2.24, 2.45) is 0 Å². The van der Waals surface area contributed by atoms with Gasteiger partial charge in [0.05, 0.1) is 24.3 Å². The molecule has 1 aliphatic heterocycles. The van der Waals surface area contributed by atoms with Gasteiger partial charge in [-0.2, -0.15) is 0 Å². The van der Waals surface area contributed by atoms with Crippen LogP contribution in [0, 0.1) is 6.92 Å². The lowest BCUT2D eigenvalue weighted by molar-refractivity contribution is -0.132. The number of Topliss-reactive ketones (excluding diaryl/α,β-unsaturated/α-hetero) is 1. The summed E-state index contributed by atoms with van der Waals surface area (Å²) in [6.45, 7) is 1.89. The van der Waals surface area contributed by atoms with Crippen LogP contribution >= 0.6 is 0 Å². The smallest absolute Gasteiger partial charge is 0.300 e. The Kier molecular flexibility index (Phi) is 5.21. The van der Waals surface area contributed by atoms with Gasteiger partial charge in [-0.1, -0.05) is 36.4 Å². The molecule has 1 fully saturated rings. The number of aromatic hydroxyl groups is 1. The van der Waals surface area contributed by atoms with Gasteiger partial charge in [-0.05, 0) is 54.4 Å². The van der Waals surface area contributed by atoms with Crippen LogP contribution in [0.2, 0.25) is 0 Å². The van der Waals surface area contributed by atoms with E-state index in [9.17, 15) is 19.8 Å². The van der Waals surface area contributed by atoms with Gasteiger partial charge in [-0.3, -0.25) is 14.5 Å². The van der Waals surface area contributed by atoms with Crippen LogP contribution in [-0.4, -0.2) is 29.0 Å². The molecule has 3 aromatic carbocycles. The third-order valence-electron chi connectivity index (χ3n) is 5.30. The van der Waals surface area contributed by atoms with Crippen molar-refractivity contribution in [3.63, 3.8) is 0 Å². The molecule has 6 heteroatoms. The number of para-hydroxylation sites is 1. The average Bonchev–Trinajstić information content (AvgIpc) is 3.04. The zero-order valence-corrected chi connectivity index (χ0v) is 17.1. The Bertz CT molecular complexity index is 1200. The molecule has 4 rings (SSSR count). The molecule has 0 aliphatic carbocycles. The first-order valence-corrected chi connectivity index (χ1v) is 9.72. The van der Waals surface area contributed by atoms with Gasteiger partial charge >= 0.3 is 0 Å². The van der Waals surface area contributed by atoms with Crippen molar-refractivity contribution < 1.29 is 24.5 Å². The minimum Gasteiger partial charge on any atom is -0.508 e. The van der Waals surface area contributed by atoms with Crippen molar-refractivity contribution in [3.05, 3.63) is 95.1 Å². The summed E-state index contributed by atoms with van der Waals surface area (Å²) in [6, 6.07) is 19.4. The van der Waals surface area contributed by atoms with Crippen molar-refractivity contribution in [2.45, 2.75) is 13.0 Å². The van der Waals surface area contributed by atoms with Crippen LogP contribution in [0.3, 0.4) is 0 Å². The third kappa shape index (κ3) is 3.53. The maximum atomic E-state index is 13.1. The molecule has 1 aliphatic rings. The summed E-state index contributed by atoms with van der Waals surface area (Å²) in [5.74, 6) is -1.40. The monoisotopic (exact) mass is 415 g/mol. The number of aryl methyl sites for hydroxylation is 1. The predicted molar refractivity (Wildman–Crippen MR) is 117 cm³/mol. The van der Waals surface area contributed by atoms with E-state index in [-0.39, 0.29) is 17.1 Å². The predicted octanol–water partition coefficient (Wildman–Crippen LogP) is 4.34. The molecule has 0 bridgehead atoms. The molecule has 1 amide bonds. The number of rotatable bonds is 4. The van der Waals surface area contributed by atoms with Gasteiger partial charge in [0.15, 0.2) is 0 Å². The first kappa shape index (κ1) is 20.2. The normalized spacial score (nSPS) is 17.7. The van der Waals surface area contributed by atoms with Crippen molar-refractivity contribution in [3.8, 4) is 11.5 Å². The first-order valence-electron chi connectivity index (χ1n) is 9.72. The SMILES string of the molecule is COc1ccccc1/C(O)=C1\C(=O)C(=O)N(c2cccc(C)c2)C1c1ccc(O)cc1. The maximum Gasteiger partial charge on any atom is 0.300 e. The number of nitrogens with zero attached hydrogens (tertiary/aromatic N) is 1. The van der Waals surface area contributed by atoms with Crippen molar-refractivity contribution in [1.29, 1.82) is 0 Å².